The van der Waals surface area contributed by atoms with E-state index in [0.717, 1.165) is 35.5 Å². The number of methoxy groups -OCH3 is 2. The number of hydrogen-bond acceptors (Lipinski definition) is 4. The fourth-order valence-electron chi connectivity index (χ4n) is 2.56. The van der Waals surface area contributed by atoms with Crippen LogP contribution in [0.15, 0.2) is 30.5 Å². The number of aryl methyl sites for hydroxylation is 1. The first kappa shape index (κ1) is 13.4. The van der Waals surface area contributed by atoms with Gasteiger partial charge in [0.25, 0.3) is 0 Å². The normalized spacial score (nSPS) is 12.9. The maximum absolute atomic E-state index is 11.2. The fourth-order valence-corrected chi connectivity index (χ4v) is 2.56. The van der Waals surface area contributed by atoms with Gasteiger partial charge in [0, 0.05) is 11.6 Å². The van der Waals surface area contributed by atoms with Crippen LogP contribution in [-0.2, 0) is 22.4 Å². The zero-order valence-electron chi connectivity index (χ0n) is 12.0. The maximum Gasteiger partial charge on any atom is 0.330 e. The van der Waals surface area contributed by atoms with Crippen molar-refractivity contribution >= 4 is 12.0 Å². The van der Waals surface area contributed by atoms with Crippen LogP contribution in [-0.4, -0.2) is 30.0 Å². The van der Waals surface area contributed by atoms with Gasteiger partial charge in [0.15, 0.2) is 0 Å². The number of hydrogen-bond donors (Lipinski definition) is 0. The van der Waals surface area contributed by atoms with Gasteiger partial charge in [0.2, 0.25) is 0 Å². The van der Waals surface area contributed by atoms with E-state index in [1.807, 2.05) is 22.9 Å². The number of ether oxygens (including phenoxy) is 2. The molecule has 0 fully saturated rings. The van der Waals surface area contributed by atoms with Gasteiger partial charge in [-0.25, -0.2) is 9.48 Å². The summed E-state index contributed by atoms with van der Waals surface area (Å²) in [7, 11) is 3.03. The van der Waals surface area contributed by atoms with Crippen LogP contribution in [0.1, 0.15) is 16.8 Å². The van der Waals surface area contributed by atoms with Gasteiger partial charge in [-0.2, -0.15) is 5.10 Å². The number of carbonyl (C=O) groups is 1. The Morgan fingerprint density at radius 1 is 1.33 bits per heavy atom. The van der Waals surface area contributed by atoms with Crippen molar-refractivity contribution in [3.05, 3.63) is 47.3 Å². The van der Waals surface area contributed by atoms with Gasteiger partial charge in [0.1, 0.15) is 5.75 Å². The number of esters is 1. The average Bonchev–Trinajstić information content (AvgIpc) is 2.95. The minimum absolute atomic E-state index is 0.365. The Bertz CT molecular complexity index is 716. The summed E-state index contributed by atoms with van der Waals surface area (Å²) in [6.45, 7) is 0. The van der Waals surface area contributed by atoms with Gasteiger partial charge in [-0.3, -0.25) is 0 Å². The molecule has 0 bridgehead atoms. The molecule has 21 heavy (non-hydrogen) atoms. The molecule has 5 nitrogen and oxygen atoms in total. The van der Waals surface area contributed by atoms with Gasteiger partial charge >= 0.3 is 5.97 Å². The second kappa shape index (κ2) is 5.44. The number of benzene rings is 1. The molecule has 0 unspecified atom stereocenters. The molecule has 0 atom stereocenters. The highest BCUT2D eigenvalue weighted by Crippen LogP contribution is 2.29. The lowest BCUT2D eigenvalue weighted by molar-refractivity contribution is -0.134. The first-order valence-electron chi connectivity index (χ1n) is 6.73. The van der Waals surface area contributed by atoms with Crippen LogP contribution < -0.4 is 4.74 Å². The molecular formula is C16H16N2O3. The summed E-state index contributed by atoms with van der Waals surface area (Å²) in [5.41, 5.74) is 4.33. The van der Waals surface area contributed by atoms with E-state index in [1.54, 1.807) is 19.4 Å². The van der Waals surface area contributed by atoms with E-state index in [-0.39, 0.29) is 5.97 Å². The van der Waals surface area contributed by atoms with Crippen LogP contribution in [0.3, 0.4) is 0 Å². The smallest absolute Gasteiger partial charge is 0.330 e. The Kier molecular flexibility index (Phi) is 3.48. The van der Waals surface area contributed by atoms with Crippen molar-refractivity contribution in [3.63, 3.8) is 0 Å². The number of aromatic nitrogens is 2. The predicted octanol–water partition coefficient (Wildman–Crippen LogP) is 2.17. The summed E-state index contributed by atoms with van der Waals surface area (Å²) < 4.78 is 11.8. The van der Waals surface area contributed by atoms with Crippen LogP contribution in [0.2, 0.25) is 0 Å². The minimum atomic E-state index is -0.365. The van der Waals surface area contributed by atoms with Gasteiger partial charge < -0.3 is 9.47 Å². The van der Waals surface area contributed by atoms with Crippen LogP contribution in [0.5, 0.6) is 5.75 Å². The number of fused-ring (bicyclic) bond motifs is 3. The van der Waals surface area contributed by atoms with Gasteiger partial charge in [-0.15, -0.1) is 0 Å². The van der Waals surface area contributed by atoms with E-state index >= 15 is 0 Å². The third-order valence-corrected chi connectivity index (χ3v) is 3.65. The molecule has 3 rings (SSSR count). The van der Waals surface area contributed by atoms with Crippen LogP contribution in [0, 0.1) is 0 Å². The van der Waals surface area contributed by atoms with E-state index < -0.39 is 0 Å². The zero-order chi connectivity index (χ0) is 14.8. The first-order chi connectivity index (χ1) is 10.2. The molecule has 0 aliphatic carbocycles. The van der Waals surface area contributed by atoms with E-state index in [4.69, 9.17) is 4.74 Å². The second-order valence-electron chi connectivity index (χ2n) is 4.81. The first-order valence-corrected chi connectivity index (χ1v) is 6.73. The van der Waals surface area contributed by atoms with Crippen molar-refractivity contribution in [2.24, 2.45) is 0 Å². The lowest BCUT2D eigenvalue weighted by atomic mass is 9.99. The number of rotatable bonds is 3. The lowest BCUT2D eigenvalue weighted by Gasteiger charge is -2.19. The van der Waals surface area contributed by atoms with Crippen molar-refractivity contribution in [1.82, 2.24) is 9.78 Å². The van der Waals surface area contributed by atoms with Crippen molar-refractivity contribution < 1.29 is 14.3 Å². The Morgan fingerprint density at radius 2 is 2.19 bits per heavy atom. The molecule has 0 saturated heterocycles. The summed E-state index contributed by atoms with van der Waals surface area (Å²) in [5.74, 6) is 0.492. The quantitative estimate of drug-likeness (QED) is 0.640. The van der Waals surface area contributed by atoms with Crippen LogP contribution in [0.25, 0.3) is 11.8 Å². The molecule has 1 aliphatic rings. The minimum Gasteiger partial charge on any atom is -0.497 e. The topological polar surface area (TPSA) is 53.3 Å². The highest BCUT2D eigenvalue weighted by molar-refractivity contribution is 5.87. The molecule has 1 aromatic carbocycles. The standard InChI is InChI=1S/C16H16N2O3/c1-20-13-5-7-14-11(9-13)3-6-15-12(10-17-18(14)15)4-8-16(19)21-2/h4-5,7-10H,3,6H2,1-2H3. The molecule has 2 aromatic rings. The van der Waals surface area contributed by atoms with Gasteiger partial charge in [-0.05, 0) is 42.7 Å². The molecule has 0 amide bonds. The highest BCUT2D eigenvalue weighted by atomic mass is 16.5. The van der Waals surface area contributed by atoms with Gasteiger partial charge in [0.05, 0.1) is 31.8 Å². The summed E-state index contributed by atoms with van der Waals surface area (Å²) in [6, 6.07) is 5.99. The highest BCUT2D eigenvalue weighted by Gasteiger charge is 2.19. The maximum atomic E-state index is 11.2. The molecule has 0 N–H and O–H groups in total. The largest absolute Gasteiger partial charge is 0.497 e. The van der Waals surface area contributed by atoms with E-state index in [9.17, 15) is 4.79 Å². The molecule has 1 aliphatic heterocycles. The van der Waals surface area contributed by atoms with E-state index in [2.05, 4.69) is 9.84 Å². The average molecular weight is 284 g/mol. The molecule has 0 radical (unpaired) electrons. The summed E-state index contributed by atoms with van der Waals surface area (Å²) in [4.78, 5) is 11.2. The Labute approximate surface area is 122 Å². The Hall–Kier alpha value is -2.56. The zero-order valence-corrected chi connectivity index (χ0v) is 12.0. The van der Waals surface area contributed by atoms with Crippen LogP contribution in [0.4, 0.5) is 0 Å². The van der Waals surface area contributed by atoms with E-state index in [0.29, 0.717) is 0 Å². The molecule has 108 valence electrons. The molecule has 5 heteroatoms. The third kappa shape index (κ3) is 2.42. The monoisotopic (exact) mass is 284 g/mol. The molecule has 1 aromatic heterocycles. The predicted molar refractivity (Wildman–Crippen MR) is 78.6 cm³/mol. The summed E-state index contributed by atoms with van der Waals surface area (Å²) >= 11 is 0. The van der Waals surface area contributed by atoms with Crippen molar-refractivity contribution in [2.45, 2.75) is 12.8 Å². The Morgan fingerprint density at radius 3 is 2.95 bits per heavy atom. The third-order valence-electron chi connectivity index (χ3n) is 3.65. The molecular weight excluding hydrogens is 268 g/mol. The molecule has 0 spiro atoms. The second-order valence-corrected chi connectivity index (χ2v) is 4.81. The van der Waals surface area contributed by atoms with Crippen molar-refractivity contribution in [3.8, 4) is 11.4 Å². The van der Waals surface area contributed by atoms with Gasteiger partial charge in [-0.1, -0.05) is 0 Å². The van der Waals surface area contributed by atoms with Crippen LogP contribution >= 0.6 is 0 Å². The number of nitrogens with zero attached hydrogens (tertiary/aromatic N) is 2. The van der Waals surface area contributed by atoms with E-state index in [1.165, 1.54) is 18.7 Å². The summed E-state index contributed by atoms with van der Waals surface area (Å²) in [5, 5.41) is 4.43. The van der Waals surface area contributed by atoms with Crippen molar-refractivity contribution in [1.29, 1.82) is 0 Å². The lowest BCUT2D eigenvalue weighted by Crippen LogP contribution is -2.13. The summed E-state index contributed by atoms with van der Waals surface area (Å²) in [6.07, 6.45) is 6.74. The fraction of sp³-hybridized carbons (Fsp3) is 0.250. The SMILES string of the molecule is COC(=O)C=Cc1cnn2c1CCc1cc(OC)ccc1-2. The van der Waals surface area contributed by atoms with Crippen molar-refractivity contribution in [2.75, 3.05) is 14.2 Å². The molecule has 2 heterocycles. The Balaban J connectivity index is 1.98. The molecule has 0 saturated carbocycles. The number of carbonyl (C=O) groups excluding carboxylic acids is 1.